The van der Waals surface area contributed by atoms with Crippen molar-refractivity contribution in [2.75, 3.05) is 6.54 Å². The predicted octanol–water partition coefficient (Wildman–Crippen LogP) is 2.37. The van der Waals surface area contributed by atoms with E-state index in [0.29, 0.717) is 19.6 Å². The van der Waals surface area contributed by atoms with Gasteiger partial charge < -0.3 is 10.4 Å². The van der Waals surface area contributed by atoms with Crippen molar-refractivity contribution in [2.24, 2.45) is 0 Å². The number of phenolic OH excluding ortho intramolecular Hbond substituents is 1. The molecule has 0 aliphatic rings. The summed E-state index contributed by atoms with van der Waals surface area (Å²) >= 11 is 0. The fourth-order valence-electron chi connectivity index (χ4n) is 1.83. The molecule has 2 rings (SSSR count). The Labute approximate surface area is 123 Å². The molecule has 5 heteroatoms. The summed E-state index contributed by atoms with van der Waals surface area (Å²) < 4.78 is 0. The molecule has 0 spiro atoms. The predicted molar refractivity (Wildman–Crippen MR) is 79.6 cm³/mol. The lowest BCUT2D eigenvalue weighted by Gasteiger charge is -2.08. The molecule has 2 aromatic rings. The molecule has 2 aromatic carbocycles. The Morgan fingerprint density at radius 2 is 1.81 bits per heavy atom. The van der Waals surface area contributed by atoms with Gasteiger partial charge in [0.25, 0.3) is 0 Å². The molecule has 0 aromatic heterocycles. The quantitative estimate of drug-likeness (QED) is 0.714. The van der Waals surface area contributed by atoms with Gasteiger partial charge in [0.1, 0.15) is 5.75 Å². The van der Waals surface area contributed by atoms with Crippen molar-refractivity contribution in [3.05, 3.63) is 65.7 Å². The van der Waals surface area contributed by atoms with Crippen LogP contribution in [0.25, 0.3) is 0 Å². The van der Waals surface area contributed by atoms with E-state index in [-0.39, 0.29) is 11.8 Å². The van der Waals surface area contributed by atoms with E-state index >= 15 is 0 Å². The molecule has 2 amide bonds. The molecule has 0 bridgehead atoms. The van der Waals surface area contributed by atoms with Crippen molar-refractivity contribution < 1.29 is 14.7 Å². The minimum Gasteiger partial charge on any atom is -0.508 e. The van der Waals surface area contributed by atoms with Crippen molar-refractivity contribution in [2.45, 2.75) is 13.0 Å². The zero-order valence-corrected chi connectivity index (χ0v) is 11.6. The number of benzene rings is 2. The van der Waals surface area contributed by atoms with Crippen LogP contribution in [-0.4, -0.2) is 17.7 Å². The molecule has 0 heterocycles. The summed E-state index contributed by atoms with van der Waals surface area (Å²) in [6, 6.07) is 16.1. The smallest absolute Gasteiger partial charge is 0.338 e. The summed E-state index contributed by atoms with van der Waals surface area (Å²) in [5, 5.41) is 12.0. The van der Waals surface area contributed by atoms with Gasteiger partial charge in [0.15, 0.2) is 0 Å². The maximum Gasteiger partial charge on any atom is 0.338 e. The highest BCUT2D eigenvalue weighted by molar-refractivity contribution is 5.72. The molecule has 0 radical (unpaired) electrons. The number of hydrogen-bond donors (Lipinski definition) is 3. The van der Waals surface area contributed by atoms with Gasteiger partial charge in [0, 0.05) is 6.54 Å². The molecule has 0 unspecified atom stereocenters. The lowest BCUT2D eigenvalue weighted by Crippen LogP contribution is -2.36. The van der Waals surface area contributed by atoms with Crippen molar-refractivity contribution in [3.63, 3.8) is 0 Å². The minimum atomic E-state index is -0.383. The average Bonchev–Trinajstić information content (AvgIpc) is 2.48. The standard InChI is InChI=1S/C16H18N2O3/c19-15-8-4-7-13(11-15)9-10-17-16(20)18-21-12-14-5-2-1-3-6-14/h1-8,11,19H,9-10,12H2,(H2,17,18,20). The van der Waals surface area contributed by atoms with E-state index in [1.165, 1.54) is 0 Å². The lowest BCUT2D eigenvalue weighted by molar-refractivity contribution is 0.0492. The molecular formula is C16H18N2O3. The Morgan fingerprint density at radius 1 is 1.05 bits per heavy atom. The molecular weight excluding hydrogens is 268 g/mol. The van der Waals surface area contributed by atoms with Crippen LogP contribution in [0.3, 0.4) is 0 Å². The van der Waals surface area contributed by atoms with Gasteiger partial charge in [0.2, 0.25) is 0 Å². The van der Waals surface area contributed by atoms with E-state index in [4.69, 9.17) is 4.84 Å². The molecule has 0 aliphatic carbocycles. The van der Waals surface area contributed by atoms with Gasteiger partial charge in [-0.25, -0.2) is 10.3 Å². The van der Waals surface area contributed by atoms with Crippen molar-refractivity contribution >= 4 is 6.03 Å². The van der Waals surface area contributed by atoms with Crippen molar-refractivity contribution in [1.82, 2.24) is 10.8 Å². The molecule has 0 fully saturated rings. The van der Waals surface area contributed by atoms with Gasteiger partial charge in [-0.1, -0.05) is 42.5 Å². The van der Waals surface area contributed by atoms with Crippen LogP contribution < -0.4 is 10.8 Å². The third-order valence-electron chi connectivity index (χ3n) is 2.86. The van der Waals surface area contributed by atoms with Crippen molar-refractivity contribution in [1.29, 1.82) is 0 Å². The second kappa shape index (κ2) is 7.91. The molecule has 0 saturated heterocycles. The maximum absolute atomic E-state index is 11.5. The Morgan fingerprint density at radius 3 is 2.57 bits per heavy atom. The minimum absolute atomic E-state index is 0.225. The first-order valence-electron chi connectivity index (χ1n) is 6.71. The fraction of sp³-hybridized carbons (Fsp3) is 0.188. The number of nitrogens with one attached hydrogen (secondary N) is 2. The highest BCUT2D eigenvalue weighted by Gasteiger charge is 2.01. The number of phenols is 1. The first-order chi connectivity index (χ1) is 10.2. The number of amides is 2. The number of rotatable bonds is 6. The molecule has 21 heavy (non-hydrogen) atoms. The second-order valence-electron chi connectivity index (χ2n) is 4.55. The zero-order valence-electron chi connectivity index (χ0n) is 11.6. The maximum atomic E-state index is 11.5. The van der Waals surface area contributed by atoms with E-state index in [1.54, 1.807) is 18.2 Å². The summed E-state index contributed by atoms with van der Waals surface area (Å²) in [5.41, 5.74) is 4.27. The van der Waals surface area contributed by atoms with E-state index < -0.39 is 0 Å². The first-order valence-corrected chi connectivity index (χ1v) is 6.71. The number of carbonyl (C=O) groups is 1. The Hall–Kier alpha value is -2.53. The van der Waals surface area contributed by atoms with Crippen LogP contribution in [0.1, 0.15) is 11.1 Å². The van der Waals surface area contributed by atoms with Crippen LogP contribution >= 0.6 is 0 Å². The van der Waals surface area contributed by atoms with Gasteiger partial charge in [-0.3, -0.25) is 4.84 Å². The first kappa shape index (κ1) is 14.9. The fourth-order valence-corrected chi connectivity index (χ4v) is 1.83. The zero-order chi connectivity index (χ0) is 14.9. The van der Waals surface area contributed by atoms with Gasteiger partial charge >= 0.3 is 6.03 Å². The van der Waals surface area contributed by atoms with E-state index in [1.807, 2.05) is 36.4 Å². The number of aromatic hydroxyl groups is 1. The second-order valence-corrected chi connectivity index (χ2v) is 4.55. The van der Waals surface area contributed by atoms with E-state index in [2.05, 4.69) is 10.8 Å². The number of hydroxylamine groups is 1. The van der Waals surface area contributed by atoms with Gasteiger partial charge in [0.05, 0.1) is 6.61 Å². The number of carbonyl (C=O) groups excluding carboxylic acids is 1. The monoisotopic (exact) mass is 286 g/mol. The summed E-state index contributed by atoms with van der Waals surface area (Å²) in [7, 11) is 0. The number of hydrogen-bond acceptors (Lipinski definition) is 3. The Kier molecular flexibility index (Phi) is 5.60. The highest BCUT2D eigenvalue weighted by Crippen LogP contribution is 2.10. The molecule has 3 N–H and O–H groups in total. The molecule has 5 nitrogen and oxygen atoms in total. The van der Waals surface area contributed by atoms with Crippen molar-refractivity contribution in [3.8, 4) is 5.75 Å². The number of urea groups is 1. The SMILES string of the molecule is O=C(NCCc1cccc(O)c1)NOCc1ccccc1. The van der Waals surface area contributed by atoms with Crippen LogP contribution in [0.2, 0.25) is 0 Å². The van der Waals surface area contributed by atoms with Gasteiger partial charge in [-0.15, -0.1) is 0 Å². The largest absolute Gasteiger partial charge is 0.508 e. The van der Waals surface area contributed by atoms with Crippen LogP contribution in [0.15, 0.2) is 54.6 Å². The van der Waals surface area contributed by atoms with E-state index in [0.717, 1.165) is 11.1 Å². The molecule has 0 atom stereocenters. The molecule has 110 valence electrons. The van der Waals surface area contributed by atoms with E-state index in [9.17, 15) is 9.90 Å². The highest BCUT2D eigenvalue weighted by atomic mass is 16.7. The Bertz CT molecular complexity index is 573. The lowest BCUT2D eigenvalue weighted by atomic mass is 10.1. The average molecular weight is 286 g/mol. The normalized spacial score (nSPS) is 10.1. The summed E-state index contributed by atoms with van der Waals surface area (Å²) in [6.45, 7) is 0.783. The van der Waals surface area contributed by atoms with Crippen LogP contribution in [0, 0.1) is 0 Å². The third-order valence-corrected chi connectivity index (χ3v) is 2.86. The van der Waals surface area contributed by atoms with Gasteiger partial charge in [-0.2, -0.15) is 0 Å². The molecule has 0 aliphatic heterocycles. The van der Waals surface area contributed by atoms with Crippen LogP contribution in [-0.2, 0) is 17.9 Å². The van der Waals surface area contributed by atoms with Crippen LogP contribution in [0.4, 0.5) is 4.79 Å². The van der Waals surface area contributed by atoms with Crippen LogP contribution in [0.5, 0.6) is 5.75 Å². The Balaban J connectivity index is 1.61. The van der Waals surface area contributed by atoms with Gasteiger partial charge in [-0.05, 0) is 29.7 Å². The summed E-state index contributed by atoms with van der Waals surface area (Å²) in [6.07, 6.45) is 0.639. The summed E-state index contributed by atoms with van der Waals surface area (Å²) in [5.74, 6) is 0.225. The third kappa shape index (κ3) is 5.54. The molecule has 0 saturated carbocycles. The summed E-state index contributed by atoms with van der Waals surface area (Å²) in [4.78, 5) is 16.6. The topological polar surface area (TPSA) is 70.6 Å².